The van der Waals surface area contributed by atoms with Crippen molar-refractivity contribution in [1.82, 2.24) is 4.90 Å². The zero-order valence-electron chi connectivity index (χ0n) is 13.3. The minimum Gasteiger partial charge on any atom is -0.468 e. The average molecular weight is 270 g/mol. The van der Waals surface area contributed by atoms with Crippen molar-refractivity contribution in [1.29, 1.82) is 0 Å². The maximum absolute atomic E-state index is 11.9. The lowest BCUT2D eigenvalue weighted by Gasteiger charge is -2.45. The van der Waals surface area contributed by atoms with Crippen LogP contribution in [0, 0.1) is 5.41 Å². The molecule has 0 aromatic heterocycles. The number of carbonyl (C=O) groups is 1. The first-order chi connectivity index (χ1) is 8.62. The van der Waals surface area contributed by atoms with Gasteiger partial charge in [0.15, 0.2) is 0 Å². The van der Waals surface area contributed by atoms with Gasteiger partial charge in [0.25, 0.3) is 0 Å². The molecule has 19 heavy (non-hydrogen) atoms. The van der Waals surface area contributed by atoms with Gasteiger partial charge >= 0.3 is 5.97 Å². The quantitative estimate of drug-likeness (QED) is 0.799. The summed E-state index contributed by atoms with van der Waals surface area (Å²) in [7, 11) is 3.56. The van der Waals surface area contributed by atoms with Crippen molar-refractivity contribution in [2.75, 3.05) is 14.2 Å². The van der Waals surface area contributed by atoms with Crippen molar-refractivity contribution < 1.29 is 9.53 Å². The van der Waals surface area contributed by atoms with Gasteiger partial charge in [-0.25, -0.2) is 0 Å². The second kappa shape index (κ2) is 5.80. The van der Waals surface area contributed by atoms with Crippen LogP contribution in [-0.4, -0.2) is 42.6 Å². The highest BCUT2D eigenvalue weighted by Gasteiger charge is 2.42. The zero-order chi connectivity index (χ0) is 14.8. The molecule has 3 atom stereocenters. The van der Waals surface area contributed by atoms with E-state index in [1.807, 2.05) is 0 Å². The molecular formula is C15H30N2O2. The van der Waals surface area contributed by atoms with Crippen LogP contribution in [0.1, 0.15) is 53.4 Å². The highest BCUT2D eigenvalue weighted by Crippen LogP contribution is 2.33. The molecule has 112 valence electrons. The van der Waals surface area contributed by atoms with Crippen LogP contribution in [0.5, 0.6) is 0 Å². The van der Waals surface area contributed by atoms with Crippen molar-refractivity contribution >= 4 is 5.97 Å². The Morgan fingerprint density at radius 1 is 1.47 bits per heavy atom. The number of nitrogens with two attached hydrogens (primary N) is 1. The summed E-state index contributed by atoms with van der Waals surface area (Å²) < 4.78 is 4.87. The Labute approximate surface area is 117 Å². The molecule has 0 aromatic rings. The Balaban J connectivity index is 2.77. The molecule has 0 aromatic carbocycles. The molecule has 1 aliphatic carbocycles. The second-order valence-electron chi connectivity index (χ2n) is 7.11. The van der Waals surface area contributed by atoms with Crippen molar-refractivity contribution in [3.63, 3.8) is 0 Å². The summed E-state index contributed by atoms with van der Waals surface area (Å²) in [6.07, 6.45) is 3.51. The van der Waals surface area contributed by atoms with Crippen LogP contribution >= 0.6 is 0 Å². The van der Waals surface area contributed by atoms with E-state index in [4.69, 9.17) is 10.5 Å². The maximum Gasteiger partial charge on any atom is 0.325 e. The fraction of sp³-hybridized carbons (Fsp3) is 0.933. The molecule has 3 unspecified atom stereocenters. The van der Waals surface area contributed by atoms with Gasteiger partial charge in [-0.2, -0.15) is 0 Å². The largest absolute Gasteiger partial charge is 0.468 e. The smallest absolute Gasteiger partial charge is 0.325 e. The summed E-state index contributed by atoms with van der Waals surface area (Å²) in [5.41, 5.74) is 5.66. The van der Waals surface area contributed by atoms with E-state index in [1.54, 1.807) is 0 Å². The van der Waals surface area contributed by atoms with E-state index in [-0.39, 0.29) is 11.4 Å². The van der Waals surface area contributed by atoms with Crippen LogP contribution in [0.3, 0.4) is 0 Å². The lowest BCUT2D eigenvalue weighted by atomic mass is 9.77. The molecular weight excluding hydrogens is 240 g/mol. The van der Waals surface area contributed by atoms with E-state index in [0.717, 1.165) is 19.3 Å². The molecule has 1 rings (SSSR count). The minimum atomic E-state index is -0.802. The van der Waals surface area contributed by atoms with Gasteiger partial charge in [0.2, 0.25) is 0 Å². The van der Waals surface area contributed by atoms with Crippen LogP contribution in [0.25, 0.3) is 0 Å². The van der Waals surface area contributed by atoms with Crippen molar-refractivity contribution in [3.8, 4) is 0 Å². The van der Waals surface area contributed by atoms with Crippen LogP contribution in [0.15, 0.2) is 0 Å². The predicted octanol–water partition coefficient (Wildman–Crippen LogP) is 2.17. The summed E-state index contributed by atoms with van der Waals surface area (Å²) >= 11 is 0. The standard InChI is InChI=1S/C15H30N2O2/c1-11(14(2,3)4)17(5)12-8-7-9-15(16,10-12)13(18)19-6/h11-12H,7-10,16H2,1-6H3. The highest BCUT2D eigenvalue weighted by atomic mass is 16.5. The lowest BCUT2D eigenvalue weighted by Crippen LogP contribution is -2.57. The average Bonchev–Trinajstić information content (AvgIpc) is 2.34. The molecule has 4 heteroatoms. The fourth-order valence-corrected chi connectivity index (χ4v) is 2.94. The molecule has 4 nitrogen and oxygen atoms in total. The molecule has 2 N–H and O–H groups in total. The van der Waals surface area contributed by atoms with Crippen LogP contribution < -0.4 is 5.73 Å². The second-order valence-corrected chi connectivity index (χ2v) is 7.11. The predicted molar refractivity (Wildman–Crippen MR) is 77.9 cm³/mol. The third-order valence-corrected chi connectivity index (χ3v) is 4.79. The van der Waals surface area contributed by atoms with Gasteiger partial charge in [0, 0.05) is 12.1 Å². The molecule has 0 radical (unpaired) electrons. The van der Waals surface area contributed by atoms with Crippen LogP contribution in [0.4, 0.5) is 0 Å². The van der Waals surface area contributed by atoms with Crippen LogP contribution in [-0.2, 0) is 9.53 Å². The highest BCUT2D eigenvalue weighted by molar-refractivity contribution is 5.80. The topological polar surface area (TPSA) is 55.6 Å². The SMILES string of the molecule is COC(=O)C1(N)CCCC(N(C)C(C)C(C)(C)C)C1. The molecule has 0 amide bonds. The van der Waals surface area contributed by atoms with Gasteiger partial charge in [-0.05, 0) is 45.1 Å². The Morgan fingerprint density at radius 3 is 2.53 bits per heavy atom. The summed E-state index contributed by atoms with van der Waals surface area (Å²) in [4.78, 5) is 14.2. The van der Waals surface area contributed by atoms with Gasteiger partial charge in [0.1, 0.15) is 5.54 Å². The summed E-state index contributed by atoms with van der Waals surface area (Å²) in [6, 6.07) is 0.796. The number of carbonyl (C=O) groups excluding carboxylic acids is 1. The van der Waals surface area contributed by atoms with E-state index >= 15 is 0 Å². The Bertz CT molecular complexity index is 325. The number of ether oxygens (including phenoxy) is 1. The number of hydrogen-bond donors (Lipinski definition) is 1. The van der Waals surface area contributed by atoms with E-state index in [9.17, 15) is 4.79 Å². The Morgan fingerprint density at radius 2 is 2.05 bits per heavy atom. The Kier molecular flexibility index (Phi) is 5.02. The molecule has 1 saturated carbocycles. The lowest BCUT2D eigenvalue weighted by molar-refractivity contribution is -0.149. The molecule has 0 saturated heterocycles. The molecule has 1 aliphatic rings. The molecule has 0 aliphatic heterocycles. The molecule has 0 heterocycles. The maximum atomic E-state index is 11.9. The van der Waals surface area contributed by atoms with E-state index < -0.39 is 5.54 Å². The van der Waals surface area contributed by atoms with E-state index in [0.29, 0.717) is 18.5 Å². The number of rotatable bonds is 3. The Hall–Kier alpha value is -0.610. The summed E-state index contributed by atoms with van der Waals surface area (Å²) in [6.45, 7) is 8.97. The third-order valence-electron chi connectivity index (χ3n) is 4.79. The van der Waals surface area contributed by atoms with Crippen molar-refractivity contribution in [3.05, 3.63) is 0 Å². The first kappa shape index (κ1) is 16.4. The van der Waals surface area contributed by atoms with Gasteiger partial charge in [-0.1, -0.05) is 20.8 Å². The summed E-state index contributed by atoms with van der Waals surface area (Å²) in [5.74, 6) is -0.269. The number of nitrogens with zero attached hydrogens (tertiary/aromatic N) is 1. The zero-order valence-corrected chi connectivity index (χ0v) is 13.3. The first-order valence-electron chi connectivity index (χ1n) is 7.21. The number of esters is 1. The van der Waals surface area contributed by atoms with Gasteiger partial charge in [0.05, 0.1) is 7.11 Å². The van der Waals surface area contributed by atoms with Crippen molar-refractivity contribution in [2.24, 2.45) is 11.1 Å². The fourth-order valence-electron chi connectivity index (χ4n) is 2.94. The normalized spacial score (nSPS) is 30.2. The molecule has 0 bridgehead atoms. The van der Waals surface area contributed by atoms with Gasteiger partial charge in [-0.15, -0.1) is 0 Å². The molecule has 0 spiro atoms. The van der Waals surface area contributed by atoms with E-state index in [2.05, 4.69) is 39.6 Å². The molecule has 1 fully saturated rings. The number of methoxy groups -OCH3 is 1. The summed E-state index contributed by atoms with van der Waals surface area (Å²) in [5, 5.41) is 0. The first-order valence-corrected chi connectivity index (χ1v) is 7.21. The van der Waals surface area contributed by atoms with Gasteiger partial charge in [-0.3, -0.25) is 4.79 Å². The monoisotopic (exact) mass is 270 g/mol. The minimum absolute atomic E-state index is 0.217. The van der Waals surface area contributed by atoms with Gasteiger partial charge < -0.3 is 15.4 Å². The third kappa shape index (κ3) is 3.69. The van der Waals surface area contributed by atoms with Crippen LogP contribution in [0.2, 0.25) is 0 Å². The van der Waals surface area contributed by atoms with E-state index in [1.165, 1.54) is 7.11 Å². The number of hydrogen-bond acceptors (Lipinski definition) is 4. The van der Waals surface area contributed by atoms with Crippen molar-refractivity contribution in [2.45, 2.75) is 71.0 Å².